The molecule has 1 aliphatic carbocycles. The monoisotopic (exact) mass is 368 g/mol. The van der Waals surface area contributed by atoms with Crippen molar-refractivity contribution in [2.75, 3.05) is 6.61 Å². The number of nitrogens with two attached hydrogens (primary N) is 1. The molecule has 2 aliphatic heterocycles. The van der Waals surface area contributed by atoms with E-state index in [1.807, 2.05) is 0 Å². The van der Waals surface area contributed by atoms with Gasteiger partial charge < -0.3 is 35.9 Å². The first-order chi connectivity index (χ1) is 12.5. The van der Waals surface area contributed by atoms with Gasteiger partial charge in [-0.15, -0.1) is 0 Å². The highest BCUT2D eigenvalue weighted by Crippen LogP contribution is 2.36. The van der Waals surface area contributed by atoms with Gasteiger partial charge in [-0.1, -0.05) is 0 Å². The fraction of sp³-hybridized carbons (Fsp3) is 0.733. The van der Waals surface area contributed by atoms with Gasteiger partial charge in [0.2, 0.25) is 5.96 Å². The van der Waals surface area contributed by atoms with Gasteiger partial charge in [0.05, 0.1) is 24.7 Å². The summed E-state index contributed by atoms with van der Waals surface area (Å²) in [6.07, 6.45) is -2.80. The van der Waals surface area contributed by atoms with Gasteiger partial charge in [-0.3, -0.25) is 10.2 Å². The van der Waals surface area contributed by atoms with Crippen LogP contribution in [0.4, 0.5) is 5.82 Å². The number of H-pyrrole nitrogens is 1. The second-order valence-electron chi connectivity index (χ2n) is 6.96. The standard InChI is InChI=1S/C15H24N6O5/c16-15-20-13-10(17-5-18-13)14(19-6-1-2-6)21(15)9-3-7(23)11(24)12(25)8(4-22)26-9/h5-9,11-12,14,19,22-25H,1-4H2,(H2,16,20)(H,17,18)/t7-,8-,9?,11-,12-,14?/m1/s1. The van der Waals surface area contributed by atoms with Gasteiger partial charge in [-0.25, -0.2) is 4.98 Å². The molecule has 8 N–H and O–H groups in total. The number of aliphatic imine (C=N–C) groups is 1. The van der Waals surface area contributed by atoms with Crippen LogP contribution in [-0.4, -0.2) is 84.5 Å². The predicted molar refractivity (Wildman–Crippen MR) is 89.0 cm³/mol. The zero-order valence-electron chi connectivity index (χ0n) is 14.1. The molecule has 6 atom stereocenters. The van der Waals surface area contributed by atoms with Crippen LogP contribution >= 0.6 is 0 Å². The van der Waals surface area contributed by atoms with E-state index in [-0.39, 0.29) is 12.4 Å². The van der Waals surface area contributed by atoms with E-state index < -0.39 is 43.4 Å². The second-order valence-corrected chi connectivity index (χ2v) is 6.96. The summed E-state index contributed by atoms with van der Waals surface area (Å²) < 4.78 is 5.82. The fourth-order valence-corrected chi connectivity index (χ4v) is 3.44. The zero-order chi connectivity index (χ0) is 18.4. The number of rotatable bonds is 4. The lowest BCUT2D eigenvalue weighted by molar-refractivity contribution is -0.145. The van der Waals surface area contributed by atoms with E-state index in [0.29, 0.717) is 11.9 Å². The molecule has 2 fully saturated rings. The van der Waals surface area contributed by atoms with E-state index in [9.17, 15) is 20.4 Å². The lowest BCUT2D eigenvalue weighted by Gasteiger charge is -2.41. The summed E-state index contributed by atoms with van der Waals surface area (Å²) >= 11 is 0. The molecule has 0 amide bonds. The number of aliphatic hydroxyl groups excluding tert-OH is 4. The van der Waals surface area contributed by atoms with Crippen molar-refractivity contribution in [2.24, 2.45) is 10.7 Å². The minimum absolute atomic E-state index is 0.0166. The third kappa shape index (κ3) is 3.06. The molecule has 0 radical (unpaired) electrons. The average Bonchev–Trinajstić information content (AvgIpc) is 3.33. The molecule has 1 aromatic heterocycles. The fourth-order valence-electron chi connectivity index (χ4n) is 3.44. The van der Waals surface area contributed by atoms with E-state index in [2.05, 4.69) is 20.3 Å². The smallest absolute Gasteiger partial charge is 0.201 e. The number of imidazole rings is 1. The Labute approximate surface area is 149 Å². The number of aromatic nitrogens is 2. The van der Waals surface area contributed by atoms with E-state index in [1.54, 1.807) is 4.90 Å². The summed E-state index contributed by atoms with van der Waals surface area (Å²) in [5.41, 5.74) is 6.87. The maximum atomic E-state index is 10.2. The van der Waals surface area contributed by atoms with Gasteiger partial charge in [0.25, 0.3) is 0 Å². The highest BCUT2D eigenvalue weighted by Gasteiger charge is 2.45. The summed E-state index contributed by atoms with van der Waals surface area (Å²) in [6, 6.07) is 0.324. The molecule has 3 aliphatic rings. The Balaban J connectivity index is 1.67. The SMILES string of the molecule is NC1=Nc2nc[nH]c2C(NC2CC2)N1C1C[C@@H](O)[C@@H](O)[C@H](O)[C@@H](CO)O1. The number of hydrogen-bond acceptors (Lipinski definition) is 10. The van der Waals surface area contributed by atoms with Crippen molar-refractivity contribution in [3.05, 3.63) is 12.0 Å². The van der Waals surface area contributed by atoms with Gasteiger partial charge in [0.15, 0.2) is 5.82 Å². The van der Waals surface area contributed by atoms with Crippen LogP contribution in [0.25, 0.3) is 0 Å². The lowest BCUT2D eigenvalue weighted by atomic mass is 10.0. The summed E-state index contributed by atoms with van der Waals surface area (Å²) in [7, 11) is 0. The Morgan fingerprint density at radius 1 is 1.31 bits per heavy atom. The van der Waals surface area contributed by atoms with Crippen molar-refractivity contribution in [1.82, 2.24) is 20.2 Å². The molecule has 11 heteroatoms. The summed E-state index contributed by atoms with van der Waals surface area (Å²) in [5, 5.41) is 43.4. The number of ether oxygens (including phenoxy) is 1. The number of guanidine groups is 1. The quantitative estimate of drug-likeness (QED) is 0.306. The Hall–Kier alpha value is -1.76. The molecule has 2 unspecified atom stereocenters. The minimum atomic E-state index is -1.43. The summed E-state index contributed by atoms with van der Waals surface area (Å²) in [4.78, 5) is 13.1. The third-order valence-electron chi connectivity index (χ3n) is 5.05. The third-order valence-corrected chi connectivity index (χ3v) is 5.05. The van der Waals surface area contributed by atoms with Gasteiger partial charge in [0.1, 0.15) is 30.7 Å². The molecular formula is C15H24N6O5. The zero-order valence-corrected chi connectivity index (χ0v) is 14.1. The van der Waals surface area contributed by atoms with Crippen molar-refractivity contribution in [2.45, 2.75) is 62.1 Å². The van der Waals surface area contributed by atoms with Crippen LogP contribution in [-0.2, 0) is 4.74 Å². The Morgan fingerprint density at radius 2 is 2.08 bits per heavy atom. The topological polar surface area (TPSA) is 172 Å². The summed E-state index contributed by atoms with van der Waals surface area (Å²) in [6.45, 7) is -0.512. The van der Waals surface area contributed by atoms with E-state index in [4.69, 9.17) is 10.5 Å². The number of hydrogen-bond donors (Lipinski definition) is 7. The second kappa shape index (κ2) is 6.76. The van der Waals surface area contributed by atoms with Crippen LogP contribution in [0.5, 0.6) is 0 Å². The van der Waals surface area contributed by atoms with Crippen molar-refractivity contribution < 1.29 is 25.2 Å². The highest BCUT2D eigenvalue weighted by atomic mass is 16.5. The van der Waals surface area contributed by atoms with Crippen LogP contribution in [0.3, 0.4) is 0 Å². The molecule has 1 saturated carbocycles. The molecule has 4 rings (SSSR count). The maximum absolute atomic E-state index is 10.2. The number of aromatic amines is 1. The first-order valence-electron chi connectivity index (χ1n) is 8.72. The minimum Gasteiger partial charge on any atom is -0.394 e. The highest BCUT2D eigenvalue weighted by molar-refractivity contribution is 5.83. The van der Waals surface area contributed by atoms with Crippen LogP contribution in [0.1, 0.15) is 31.1 Å². The molecule has 11 nitrogen and oxygen atoms in total. The normalized spacial score (nSPS) is 37.8. The van der Waals surface area contributed by atoms with Gasteiger partial charge >= 0.3 is 0 Å². The van der Waals surface area contributed by atoms with Gasteiger partial charge in [-0.2, -0.15) is 4.99 Å². The molecule has 3 heterocycles. The summed E-state index contributed by atoms with van der Waals surface area (Å²) in [5.74, 6) is 0.618. The van der Waals surface area contributed by atoms with Crippen LogP contribution in [0.15, 0.2) is 11.3 Å². The molecule has 144 valence electrons. The van der Waals surface area contributed by atoms with Crippen molar-refractivity contribution in [1.29, 1.82) is 0 Å². The maximum Gasteiger partial charge on any atom is 0.201 e. The van der Waals surface area contributed by atoms with Crippen molar-refractivity contribution in [3.8, 4) is 0 Å². The van der Waals surface area contributed by atoms with Gasteiger partial charge in [-0.05, 0) is 12.8 Å². The first-order valence-corrected chi connectivity index (χ1v) is 8.72. The van der Waals surface area contributed by atoms with Crippen molar-refractivity contribution in [3.63, 3.8) is 0 Å². The Morgan fingerprint density at radius 3 is 2.77 bits per heavy atom. The molecule has 1 saturated heterocycles. The van der Waals surface area contributed by atoms with Crippen LogP contribution in [0.2, 0.25) is 0 Å². The Kier molecular flexibility index (Phi) is 4.59. The Bertz CT molecular complexity index is 679. The van der Waals surface area contributed by atoms with E-state index in [1.165, 1.54) is 6.33 Å². The molecule has 0 spiro atoms. The lowest BCUT2D eigenvalue weighted by Crippen LogP contribution is -2.55. The number of nitrogens with zero attached hydrogens (tertiary/aromatic N) is 3. The molecule has 26 heavy (non-hydrogen) atoms. The van der Waals surface area contributed by atoms with Crippen LogP contribution in [0, 0.1) is 0 Å². The first kappa shape index (κ1) is 17.6. The van der Waals surface area contributed by atoms with Crippen LogP contribution < -0.4 is 11.1 Å². The van der Waals surface area contributed by atoms with Crippen molar-refractivity contribution >= 4 is 11.8 Å². The molecule has 0 aromatic carbocycles. The number of fused-ring (bicyclic) bond motifs is 1. The average molecular weight is 368 g/mol. The van der Waals surface area contributed by atoms with E-state index >= 15 is 0 Å². The number of nitrogens with one attached hydrogen (secondary N) is 2. The molecule has 0 bridgehead atoms. The van der Waals surface area contributed by atoms with E-state index in [0.717, 1.165) is 18.5 Å². The molecule has 1 aromatic rings. The van der Waals surface area contributed by atoms with Gasteiger partial charge in [0, 0.05) is 12.5 Å². The predicted octanol–water partition coefficient (Wildman–Crippen LogP) is -2.39. The molecular weight excluding hydrogens is 344 g/mol. The number of aliphatic hydroxyl groups is 4. The largest absolute Gasteiger partial charge is 0.394 e.